The molecule has 2 heteroatoms. The first-order valence-electron chi connectivity index (χ1n) is 3.78. The molecule has 54 valence electrons. The number of nitrogens with two attached hydrogens (primary N) is 1. The summed E-state index contributed by atoms with van der Waals surface area (Å²) in [5.74, 6) is 0.841. The first kappa shape index (κ1) is 7.03. The number of hydrogen-bond acceptors (Lipinski definition) is 2. The van der Waals surface area contributed by atoms with Crippen molar-refractivity contribution in [3.8, 4) is 0 Å². The van der Waals surface area contributed by atoms with Crippen LogP contribution in [0, 0.1) is 5.92 Å². The van der Waals surface area contributed by atoms with Crippen molar-refractivity contribution >= 4 is 0 Å². The van der Waals surface area contributed by atoms with E-state index in [1.807, 2.05) is 0 Å². The molecule has 0 aromatic heterocycles. The van der Waals surface area contributed by atoms with Crippen molar-refractivity contribution in [3.63, 3.8) is 0 Å². The van der Waals surface area contributed by atoms with Crippen molar-refractivity contribution in [2.45, 2.75) is 25.8 Å². The highest BCUT2D eigenvalue weighted by Gasteiger charge is 2.20. The maximum atomic E-state index is 5.43. The summed E-state index contributed by atoms with van der Waals surface area (Å²) in [6, 6.07) is 0.704. The molecule has 1 heterocycles. The normalized spacial score (nSPS) is 35.3. The minimum absolute atomic E-state index is 0.704. The Morgan fingerprint density at radius 3 is 2.89 bits per heavy atom. The Balaban J connectivity index is 2.22. The van der Waals surface area contributed by atoms with Gasteiger partial charge < -0.3 is 11.1 Å². The summed E-state index contributed by atoms with van der Waals surface area (Å²) < 4.78 is 0. The topological polar surface area (TPSA) is 38.0 Å². The van der Waals surface area contributed by atoms with Crippen LogP contribution in [0.4, 0.5) is 0 Å². The van der Waals surface area contributed by atoms with Crippen LogP contribution in [0.2, 0.25) is 0 Å². The lowest BCUT2D eigenvalue weighted by Crippen LogP contribution is -2.28. The molecule has 0 aromatic carbocycles. The fourth-order valence-electron chi connectivity index (χ4n) is 1.46. The molecule has 0 spiro atoms. The van der Waals surface area contributed by atoms with Crippen molar-refractivity contribution in [2.75, 3.05) is 13.1 Å². The summed E-state index contributed by atoms with van der Waals surface area (Å²) >= 11 is 0. The molecule has 0 saturated carbocycles. The van der Waals surface area contributed by atoms with E-state index in [0.717, 1.165) is 18.9 Å². The first-order valence-corrected chi connectivity index (χ1v) is 3.78. The molecule has 0 bridgehead atoms. The first-order chi connectivity index (χ1) is 4.34. The monoisotopic (exact) mass is 128 g/mol. The molecule has 2 unspecified atom stereocenters. The summed E-state index contributed by atoms with van der Waals surface area (Å²) in [6.07, 6.45) is 2.46. The molecule has 2 nitrogen and oxygen atoms in total. The third-order valence-electron chi connectivity index (χ3n) is 2.17. The lowest BCUT2D eigenvalue weighted by atomic mass is 10.0. The molecule has 1 rings (SSSR count). The lowest BCUT2D eigenvalue weighted by molar-refractivity contribution is 0.459. The largest absolute Gasteiger partial charge is 0.330 e. The minimum Gasteiger partial charge on any atom is -0.330 e. The van der Waals surface area contributed by atoms with Crippen molar-refractivity contribution in [1.29, 1.82) is 0 Å². The quantitative estimate of drug-likeness (QED) is 0.562. The maximum absolute atomic E-state index is 5.43. The van der Waals surface area contributed by atoms with Gasteiger partial charge in [-0.3, -0.25) is 0 Å². The van der Waals surface area contributed by atoms with Gasteiger partial charge in [0.15, 0.2) is 0 Å². The van der Waals surface area contributed by atoms with Gasteiger partial charge in [-0.1, -0.05) is 6.92 Å². The van der Waals surface area contributed by atoms with Gasteiger partial charge in [-0.2, -0.15) is 0 Å². The van der Waals surface area contributed by atoms with Crippen LogP contribution in [0.1, 0.15) is 19.8 Å². The zero-order valence-electron chi connectivity index (χ0n) is 6.06. The standard InChI is InChI=1S/C7H16N2/c1-6-3-5-9-7(6)2-4-8/h6-7,9H,2-5,8H2,1H3. The smallest absolute Gasteiger partial charge is 0.0105 e. The molecule has 1 saturated heterocycles. The Bertz CT molecular complexity index is 83.0. The van der Waals surface area contributed by atoms with Crippen LogP contribution in [-0.4, -0.2) is 19.1 Å². The van der Waals surface area contributed by atoms with Gasteiger partial charge in [0.2, 0.25) is 0 Å². The third kappa shape index (κ3) is 1.66. The van der Waals surface area contributed by atoms with Gasteiger partial charge in [0, 0.05) is 6.04 Å². The maximum Gasteiger partial charge on any atom is 0.0105 e. The highest BCUT2D eigenvalue weighted by Crippen LogP contribution is 2.15. The van der Waals surface area contributed by atoms with Crippen LogP contribution in [0.15, 0.2) is 0 Å². The Labute approximate surface area is 56.8 Å². The van der Waals surface area contributed by atoms with Crippen LogP contribution >= 0.6 is 0 Å². The number of rotatable bonds is 2. The Morgan fingerprint density at radius 2 is 2.44 bits per heavy atom. The Morgan fingerprint density at radius 1 is 1.67 bits per heavy atom. The van der Waals surface area contributed by atoms with Crippen LogP contribution in [0.5, 0.6) is 0 Å². The number of nitrogens with one attached hydrogen (secondary N) is 1. The average Bonchev–Trinajstić information content (AvgIpc) is 2.18. The molecule has 0 amide bonds. The van der Waals surface area contributed by atoms with Gasteiger partial charge in [-0.15, -0.1) is 0 Å². The van der Waals surface area contributed by atoms with Crippen molar-refractivity contribution < 1.29 is 0 Å². The number of hydrogen-bond donors (Lipinski definition) is 2. The molecule has 1 fully saturated rings. The molecular formula is C7H16N2. The van der Waals surface area contributed by atoms with E-state index in [1.165, 1.54) is 13.0 Å². The van der Waals surface area contributed by atoms with E-state index in [9.17, 15) is 0 Å². The van der Waals surface area contributed by atoms with E-state index in [0.29, 0.717) is 6.04 Å². The molecule has 9 heavy (non-hydrogen) atoms. The van der Waals surface area contributed by atoms with Crippen LogP contribution < -0.4 is 11.1 Å². The lowest BCUT2D eigenvalue weighted by Gasteiger charge is -2.12. The van der Waals surface area contributed by atoms with Gasteiger partial charge in [-0.25, -0.2) is 0 Å². The molecular weight excluding hydrogens is 112 g/mol. The van der Waals surface area contributed by atoms with Crippen LogP contribution in [0.3, 0.4) is 0 Å². The van der Waals surface area contributed by atoms with Crippen molar-refractivity contribution in [2.24, 2.45) is 11.7 Å². The fraction of sp³-hybridized carbons (Fsp3) is 1.00. The second-order valence-electron chi connectivity index (χ2n) is 2.90. The molecule has 0 aliphatic carbocycles. The molecule has 0 aromatic rings. The van der Waals surface area contributed by atoms with E-state index in [1.54, 1.807) is 0 Å². The van der Waals surface area contributed by atoms with Gasteiger partial charge in [0.05, 0.1) is 0 Å². The summed E-state index contributed by atoms with van der Waals surface area (Å²) in [5.41, 5.74) is 5.43. The van der Waals surface area contributed by atoms with Gasteiger partial charge >= 0.3 is 0 Å². The fourth-order valence-corrected chi connectivity index (χ4v) is 1.46. The van der Waals surface area contributed by atoms with Gasteiger partial charge in [-0.05, 0) is 31.8 Å². The highest BCUT2D eigenvalue weighted by atomic mass is 14.9. The van der Waals surface area contributed by atoms with E-state index < -0.39 is 0 Å². The second kappa shape index (κ2) is 3.18. The molecule has 0 radical (unpaired) electrons. The Kier molecular flexibility index (Phi) is 2.49. The summed E-state index contributed by atoms with van der Waals surface area (Å²) in [7, 11) is 0. The average molecular weight is 128 g/mol. The van der Waals surface area contributed by atoms with Crippen molar-refractivity contribution in [3.05, 3.63) is 0 Å². The predicted octanol–water partition coefficient (Wildman–Crippen LogP) is 0.333. The van der Waals surface area contributed by atoms with Gasteiger partial charge in [0.1, 0.15) is 0 Å². The highest BCUT2D eigenvalue weighted by molar-refractivity contribution is 4.80. The second-order valence-corrected chi connectivity index (χ2v) is 2.90. The van der Waals surface area contributed by atoms with Crippen molar-refractivity contribution in [1.82, 2.24) is 5.32 Å². The van der Waals surface area contributed by atoms with E-state index in [4.69, 9.17) is 5.73 Å². The molecule has 1 aliphatic heterocycles. The summed E-state index contributed by atoms with van der Waals surface area (Å²) in [5, 5.41) is 3.43. The van der Waals surface area contributed by atoms with E-state index >= 15 is 0 Å². The van der Waals surface area contributed by atoms with Gasteiger partial charge in [0.25, 0.3) is 0 Å². The van der Waals surface area contributed by atoms with E-state index in [2.05, 4.69) is 12.2 Å². The zero-order valence-corrected chi connectivity index (χ0v) is 6.06. The van der Waals surface area contributed by atoms with Crippen LogP contribution in [-0.2, 0) is 0 Å². The molecule has 1 aliphatic rings. The van der Waals surface area contributed by atoms with E-state index in [-0.39, 0.29) is 0 Å². The summed E-state index contributed by atoms with van der Waals surface area (Å²) in [6.45, 7) is 4.30. The predicted molar refractivity (Wildman–Crippen MR) is 39.2 cm³/mol. The zero-order chi connectivity index (χ0) is 6.69. The molecule has 2 atom stereocenters. The summed E-state index contributed by atoms with van der Waals surface area (Å²) in [4.78, 5) is 0. The third-order valence-corrected chi connectivity index (χ3v) is 2.17. The SMILES string of the molecule is CC1CCNC1CCN. The van der Waals surface area contributed by atoms with Crippen LogP contribution in [0.25, 0.3) is 0 Å². The molecule has 3 N–H and O–H groups in total. The minimum atomic E-state index is 0.704. The Hall–Kier alpha value is -0.0800.